The van der Waals surface area contributed by atoms with Crippen molar-refractivity contribution >= 4 is 5.97 Å². The first-order chi connectivity index (χ1) is 12.4. The van der Waals surface area contributed by atoms with Gasteiger partial charge < -0.3 is 43.2 Å². The third-order valence-electron chi connectivity index (χ3n) is 4.84. The summed E-state index contributed by atoms with van der Waals surface area (Å²) in [6.45, 7) is 8.26. The molecule has 0 saturated carbocycles. The number of carbonyl (C=O) groups is 1. The van der Waals surface area contributed by atoms with Gasteiger partial charge in [-0.15, -0.1) is 0 Å². The number of hydrogen-bond acceptors (Lipinski definition) is 9. The molecule has 0 spiro atoms. The molecule has 0 atom stereocenters. The molecule has 0 aromatic heterocycles. The maximum Gasteiger partial charge on any atom is 0.317 e. The smallest absolute Gasteiger partial charge is 0.317 e. The number of nitrogens with zero attached hydrogens (tertiary/aromatic N) is 1. The van der Waals surface area contributed by atoms with E-state index in [4.69, 9.17) is 11.5 Å². The van der Waals surface area contributed by atoms with Gasteiger partial charge in [-0.1, -0.05) is 0 Å². The Balaban J connectivity index is 2.15. The highest BCUT2D eigenvalue weighted by Gasteiger charge is 2.29. The summed E-state index contributed by atoms with van der Waals surface area (Å²) in [7, 11) is 0. The van der Waals surface area contributed by atoms with Crippen LogP contribution in [0.5, 0.6) is 0 Å². The van der Waals surface area contributed by atoms with E-state index in [2.05, 4.69) is 26.6 Å². The molecule has 0 unspecified atom stereocenters. The van der Waals surface area contributed by atoms with Crippen LogP contribution in [0.1, 0.15) is 0 Å². The Morgan fingerprint density at radius 3 is 1.69 bits per heavy atom. The number of nitrogens with one attached hydrogen (secondary N) is 5. The third kappa shape index (κ3) is 7.80. The highest BCUT2D eigenvalue weighted by molar-refractivity contribution is 5.69. The zero-order chi connectivity index (χ0) is 18.9. The topological polar surface area (TPSA) is 153 Å². The van der Waals surface area contributed by atoms with Gasteiger partial charge in [-0.3, -0.25) is 9.69 Å². The lowest BCUT2D eigenvalue weighted by molar-refractivity contribution is -0.138. The van der Waals surface area contributed by atoms with Crippen molar-refractivity contribution in [1.82, 2.24) is 31.5 Å². The molecule has 0 aromatic rings. The van der Waals surface area contributed by atoms with Crippen LogP contribution < -0.4 is 38.1 Å². The second-order valence-corrected chi connectivity index (χ2v) is 7.71. The lowest BCUT2D eigenvalue weighted by atomic mass is 9.98. The summed E-state index contributed by atoms with van der Waals surface area (Å²) in [6.07, 6.45) is 0. The van der Waals surface area contributed by atoms with E-state index in [-0.39, 0.29) is 6.54 Å². The largest absolute Gasteiger partial charge is 0.480 e. The van der Waals surface area contributed by atoms with E-state index in [9.17, 15) is 9.90 Å². The molecule has 0 aromatic carbocycles. The number of fused-ring (bicyclic) bond motifs is 15. The Morgan fingerprint density at radius 1 is 0.808 bits per heavy atom. The summed E-state index contributed by atoms with van der Waals surface area (Å²) in [5.74, 6) is -0.836. The molecule has 2 bridgehead atoms. The molecule has 26 heavy (non-hydrogen) atoms. The van der Waals surface area contributed by atoms with Gasteiger partial charge in [0.25, 0.3) is 0 Å². The summed E-state index contributed by atoms with van der Waals surface area (Å²) in [5.41, 5.74) is 12.3. The van der Waals surface area contributed by atoms with Crippen LogP contribution in [0, 0.1) is 0 Å². The Hall–Kier alpha value is -0.850. The number of aliphatic carboxylic acids is 1. The fourth-order valence-electron chi connectivity index (χ4n) is 3.49. The van der Waals surface area contributed by atoms with Crippen molar-refractivity contribution < 1.29 is 9.90 Å². The van der Waals surface area contributed by atoms with Gasteiger partial charge in [-0.05, 0) is 0 Å². The summed E-state index contributed by atoms with van der Waals surface area (Å²) in [6, 6.07) is 0. The Kier molecular flexibility index (Phi) is 8.64. The number of carboxylic acids is 1. The second kappa shape index (κ2) is 10.5. The van der Waals surface area contributed by atoms with Crippen molar-refractivity contribution in [3.05, 3.63) is 0 Å². The van der Waals surface area contributed by atoms with Crippen molar-refractivity contribution in [2.75, 3.05) is 85.1 Å². The van der Waals surface area contributed by atoms with Gasteiger partial charge in [0.05, 0.1) is 17.6 Å². The first kappa shape index (κ1) is 21.5. The summed E-state index contributed by atoms with van der Waals surface area (Å²) in [5, 5.41) is 26.3. The maximum absolute atomic E-state index is 11.3. The molecule has 3 heterocycles. The van der Waals surface area contributed by atoms with Gasteiger partial charge in [0.15, 0.2) is 0 Å². The number of rotatable bonds is 2. The molecule has 0 radical (unpaired) electrons. The molecule has 10 nitrogen and oxygen atoms in total. The van der Waals surface area contributed by atoms with E-state index in [0.29, 0.717) is 52.4 Å². The zero-order valence-corrected chi connectivity index (χ0v) is 15.6. The normalized spacial score (nSPS) is 34.1. The SMILES string of the molecule is NC12CNCCNCC(N)(CNCCNC1)CN(CC(=O)O)CCNC2. The average Bonchev–Trinajstić information content (AvgIpc) is 2.56. The fraction of sp³-hybridized carbons (Fsp3) is 0.938. The molecule has 10 heteroatoms. The molecule has 0 aliphatic carbocycles. The van der Waals surface area contributed by atoms with Gasteiger partial charge in [0.1, 0.15) is 0 Å². The molecule has 10 N–H and O–H groups in total. The van der Waals surface area contributed by atoms with Crippen LogP contribution in [0.3, 0.4) is 0 Å². The monoisotopic (exact) mass is 372 g/mol. The minimum Gasteiger partial charge on any atom is -0.480 e. The molecular formula is C16H36N8O2. The van der Waals surface area contributed by atoms with Gasteiger partial charge in [0.2, 0.25) is 0 Å². The van der Waals surface area contributed by atoms with E-state index >= 15 is 0 Å². The second-order valence-electron chi connectivity index (χ2n) is 7.71. The first-order valence-electron chi connectivity index (χ1n) is 9.46. The molecule has 3 fully saturated rings. The molecule has 3 saturated heterocycles. The highest BCUT2D eigenvalue weighted by Crippen LogP contribution is 2.04. The number of hydrogen-bond donors (Lipinski definition) is 8. The predicted octanol–water partition coefficient (Wildman–Crippen LogP) is -4.26. The molecule has 0 amide bonds. The van der Waals surface area contributed by atoms with E-state index in [1.54, 1.807) is 0 Å². The molecule has 3 rings (SSSR count). The van der Waals surface area contributed by atoms with E-state index in [0.717, 1.165) is 26.2 Å². The van der Waals surface area contributed by atoms with Crippen LogP contribution in [-0.4, -0.2) is 112 Å². The zero-order valence-electron chi connectivity index (χ0n) is 15.6. The quantitative estimate of drug-likeness (QED) is 0.239. The van der Waals surface area contributed by atoms with E-state index in [1.165, 1.54) is 0 Å². The Labute approximate surface area is 155 Å². The summed E-state index contributed by atoms with van der Waals surface area (Å²) < 4.78 is 0. The van der Waals surface area contributed by atoms with Crippen LogP contribution in [0.4, 0.5) is 0 Å². The maximum atomic E-state index is 11.3. The number of nitrogens with two attached hydrogens (primary N) is 2. The van der Waals surface area contributed by atoms with Gasteiger partial charge in [-0.2, -0.15) is 0 Å². The fourth-order valence-corrected chi connectivity index (χ4v) is 3.49. The molecule has 3 aliphatic rings. The van der Waals surface area contributed by atoms with Crippen molar-refractivity contribution in [1.29, 1.82) is 0 Å². The minimum atomic E-state index is -0.836. The Bertz CT molecular complexity index is 420. The Morgan fingerprint density at radius 2 is 1.23 bits per heavy atom. The third-order valence-corrected chi connectivity index (χ3v) is 4.84. The van der Waals surface area contributed by atoms with E-state index < -0.39 is 17.0 Å². The van der Waals surface area contributed by atoms with Crippen molar-refractivity contribution in [3.63, 3.8) is 0 Å². The minimum absolute atomic E-state index is 0.0164. The number of carboxylic acid groups (broad SMARTS) is 1. The van der Waals surface area contributed by atoms with Crippen LogP contribution in [-0.2, 0) is 4.79 Å². The van der Waals surface area contributed by atoms with Gasteiger partial charge >= 0.3 is 5.97 Å². The average molecular weight is 373 g/mol. The predicted molar refractivity (Wildman–Crippen MR) is 102 cm³/mol. The first-order valence-corrected chi connectivity index (χ1v) is 9.46. The van der Waals surface area contributed by atoms with Crippen molar-refractivity contribution in [2.45, 2.75) is 11.1 Å². The van der Waals surface area contributed by atoms with Crippen molar-refractivity contribution in [3.8, 4) is 0 Å². The van der Waals surface area contributed by atoms with E-state index in [1.807, 2.05) is 4.90 Å². The molecule has 152 valence electrons. The summed E-state index contributed by atoms with van der Waals surface area (Å²) in [4.78, 5) is 13.2. The molecular weight excluding hydrogens is 336 g/mol. The van der Waals surface area contributed by atoms with Crippen LogP contribution in [0.25, 0.3) is 0 Å². The van der Waals surface area contributed by atoms with Crippen LogP contribution in [0.15, 0.2) is 0 Å². The lowest BCUT2D eigenvalue weighted by Gasteiger charge is -2.37. The summed E-state index contributed by atoms with van der Waals surface area (Å²) >= 11 is 0. The lowest BCUT2D eigenvalue weighted by Crippen LogP contribution is -2.65. The van der Waals surface area contributed by atoms with Crippen molar-refractivity contribution in [2.24, 2.45) is 11.5 Å². The highest BCUT2D eigenvalue weighted by atomic mass is 16.4. The molecule has 3 aliphatic heterocycles. The van der Waals surface area contributed by atoms with Crippen LogP contribution in [0.2, 0.25) is 0 Å². The van der Waals surface area contributed by atoms with Gasteiger partial charge in [-0.25, -0.2) is 0 Å². The van der Waals surface area contributed by atoms with Crippen LogP contribution >= 0.6 is 0 Å². The van der Waals surface area contributed by atoms with Gasteiger partial charge in [0, 0.05) is 78.5 Å². The standard InChI is InChI=1S/C16H36N8O2/c17-15-8-19-1-3-21-11-16(18,12-22-4-2-20-9-15)13-24(7-14(25)26)6-5-23-10-15/h19-23H,1-13,17-18H2,(H,25,26).